The molecule has 2 rings (SSSR count). The molecule has 4 heteroatoms. The standard InChI is InChI=1S/C12H18N2OS/c1-12(2,3)11-10-9(5-7-13-11)6-8-14-16(10,4)15/h5,7H,6,8H2,1-4H3. The van der Waals surface area contributed by atoms with Crippen LogP contribution in [0.25, 0.3) is 0 Å². The summed E-state index contributed by atoms with van der Waals surface area (Å²) in [6.07, 6.45) is 4.42. The largest absolute Gasteiger partial charge is 0.259 e. The Morgan fingerprint density at radius 1 is 1.38 bits per heavy atom. The molecule has 0 saturated heterocycles. The molecule has 0 saturated carbocycles. The minimum Gasteiger partial charge on any atom is -0.259 e. The zero-order valence-electron chi connectivity index (χ0n) is 10.3. The lowest BCUT2D eigenvalue weighted by atomic mass is 9.90. The van der Waals surface area contributed by atoms with Gasteiger partial charge in [-0.1, -0.05) is 20.8 Å². The van der Waals surface area contributed by atoms with E-state index in [2.05, 4.69) is 30.1 Å². The van der Waals surface area contributed by atoms with Gasteiger partial charge >= 0.3 is 0 Å². The number of hydrogen-bond acceptors (Lipinski definition) is 3. The molecule has 2 heterocycles. The van der Waals surface area contributed by atoms with Crippen molar-refractivity contribution in [1.29, 1.82) is 0 Å². The fourth-order valence-corrected chi connectivity index (χ4v) is 3.99. The molecule has 16 heavy (non-hydrogen) atoms. The van der Waals surface area contributed by atoms with Gasteiger partial charge in [0.25, 0.3) is 0 Å². The van der Waals surface area contributed by atoms with E-state index in [1.165, 1.54) is 0 Å². The van der Waals surface area contributed by atoms with E-state index >= 15 is 0 Å². The normalized spacial score (nSPS) is 24.8. The van der Waals surface area contributed by atoms with Crippen LogP contribution in [-0.4, -0.2) is 22.0 Å². The Morgan fingerprint density at radius 3 is 2.69 bits per heavy atom. The number of rotatable bonds is 0. The highest BCUT2D eigenvalue weighted by Gasteiger charge is 2.27. The first kappa shape index (κ1) is 11.6. The molecule has 0 amide bonds. The number of fused-ring (bicyclic) bond motifs is 1. The highest BCUT2D eigenvalue weighted by atomic mass is 32.2. The monoisotopic (exact) mass is 238 g/mol. The summed E-state index contributed by atoms with van der Waals surface area (Å²) >= 11 is 0. The minimum absolute atomic E-state index is 0.0864. The van der Waals surface area contributed by atoms with Gasteiger partial charge in [0.05, 0.1) is 26.9 Å². The molecular weight excluding hydrogens is 220 g/mol. The van der Waals surface area contributed by atoms with E-state index in [0.29, 0.717) is 6.54 Å². The average Bonchev–Trinajstić information content (AvgIpc) is 2.15. The molecule has 1 aromatic rings. The molecule has 1 atom stereocenters. The highest BCUT2D eigenvalue weighted by molar-refractivity contribution is 7.93. The molecule has 0 aromatic carbocycles. The number of hydrogen-bond donors (Lipinski definition) is 0. The fraction of sp³-hybridized carbons (Fsp3) is 0.583. The Balaban J connectivity index is 2.79. The third kappa shape index (κ3) is 1.86. The maximum Gasteiger partial charge on any atom is 0.0744 e. The zero-order valence-corrected chi connectivity index (χ0v) is 11.1. The van der Waals surface area contributed by atoms with Crippen LogP contribution >= 0.6 is 0 Å². The molecule has 0 radical (unpaired) electrons. The summed E-state index contributed by atoms with van der Waals surface area (Å²) in [6, 6.07) is 1.97. The molecule has 0 aliphatic carbocycles. The third-order valence-corrected chi connectivity index (χ3v) is 4.68. The van der Waals surface area contributed by atoms with Crippen LogP contribution in [-0.2, 0) is 21.6 Å². The summed E-state index contributed by atoms with van der Waals surface area (Å²) in [5.74, 6) is 0. The number of aromatic nitrogens is 1. The van der Waals surface area contributed by atoms with Crippen LogP contribution in [0.15, 0.2) is 21.5 Å². The molecule has 88 valence electrons. The fourth-order valence-electron chi connectivity index (χ4n) is 2.05. The topological polar surface area (TPSA) is 42.3 Å². The first-order chi connectivity index (χ1) is 7.32. The van der Waals surface area contributed by atoms with Crippen LogP contribution in [0.3, 0.4) is 0 Å². The van der Waals surface area contributed by atoms with Crippen molar-refractivity contribution < 1.29 is 4.21 Å². The maximum absolute atomic E-state index is 12.5. The van der Waals surface area contributed by atoms with Crippen molar-refractivity contribution in [1.82, 2.24) is 4.98 Å². The van der Waals surface area contributed by atoms with Crippen LogP contribution in [0.4, 0.5) is 0 Å². The summed E-state index contributed by atoms with van der Waals surface area (Å²) < 4.78 is 16.8. The molecule has 1 unspecified atom stereocenters. The summed E-state index contributed by atoms with van der Waals surface area (Å²) in [5.41, 5.74) is 2.00. The summed E-state index contributed by atoms with van der Waals surface area (Å²) in [6.45, 7) is 6.95. The van der Waals surface area contributed by atoms with Crippen LogP contribution in [0.5, 0.6) is 0 Å². The highest BCUT2D eigenvalue weighted by Crippen LogP contribution is 2.32. The SMILES string of the molecule is CC(C)(C)c1nccc2c1S(C)(=O)=NCC2. The van der Waals surface area contributed by atoms with E-state index in [0.717, 1.165) is 22.6 Å². The van der Waals surface area contributed by atoms with E-state index in [4.69, 9.17) is 0 Å². The van der Waals surface area contributed by atoms with Gasteiger partial charge < -0.3 is 0 Å². The lowest BCUT2D eigenvalue weighted by molar-refractivity contribution is 0.547. The lowest BCUT2D eigenvalue weighted by Gasteiger charge is -2.25. The summed E-state index contributed by atoms with van der Waals surface area (Å²) in [7, 11) is -2.24. The van der Waals surface area contributed by atoms with E-state index in [-0.39, 0.29) is 5.41 Å². The zero-order chi connectivity index (χ0) is 12.0. The Hall–Kier alpha value is -0.900. The van der Waals surface area contributed by atoms with E-state index in [9.17, 15) is 4.21 Å². The van der Waals surface area contributed by atoms with Gasteiger partial charge in [0.2, 0.25) is 0 Å². The van der Waals surface area contributed by atoms with Gasteiger partial charge in [-0.3, -0.25) is 4.98 Å². The second-order valence-electron chi connectivity index (χ2n) is 5.30. The Kier molecular flexibility index (Phi) is 2.57. The second kappa shape index (κ2) is 3.55. The minimum atomic E-state index is -2.24. The Morgan fingerprint density at radius 2 is 2.06 bits per heavy atom. The first-order valence-electron chi connectivity index (χ1n) is 5.49. The number of pyridine rings is 1. The van der Waals surface area contributed by atoms with Crippen molar-refractivity contribution in [3.05, 3.63) is 23.5 Å². The molecule has 1 aromatic heterocycles. The third-order valence-electron chi connectivity index (χ3n) is 2.79. The molecule has 1 aliphatic rings. The predicted molar refractivity (Wildman–Crippen MR) is 66.3 cm³/mol. The molecule has 0 fully saturated rings. The maximum atomic E-state index is 12.5. The smallest absolute Gasteiger partial charge is 0.0744 e. The second-order valence-corrected chi connectivity index (χ2v) is 7.57. The molecular formula is C12H18N2OS. The van der Waals surface area contributed by atoms with Crippen molar-refractivity contribution >= 4 is 9.73 Å². The van der Waals surface area contributed by atoms with Gasteiger partial charge in [0, 0.05) is 17.9 Å². The summed E-state index contributed by atoms with van der Waals surface area (Å²) in [4.78, 5) is 5.30. The molecule has 0 spiro atoms. The summed E-state index contributed by atoms with van der Waals surface area (Å²) in [5, 5.41) is 0. The van der Waals surface area contributed by atoms with E-state index < -0.39 is 9.73 Å². The molecule has 0 N–H and O–H groups in total. The van der Waals surface area contributed by atoms with Crippen LogP contribution < -0.4 is 0 Å². The Bertz CT molecular complexity index is 534. The molecule has 3 nitrogen and oxygen atoms in total. The van der Waals surface area contributed by atoms with Gasteiger partial charge in [-0.2, -0.15) is 0 Å². The average molecular weight is 238 g/mol. The van der Waals surface area contributed by atoms with Gasteiger partial charge in [0.15, 0.2) is 0 Å². The van der Waals surface area contributed by atoms with Crippen LogP contribution in [0, 0.1) is 0 Å². The van der Waals surface area contributed by atoms with E-state index in [1.807, 2.05) is 12.3 Å². The van der Waals surface area contributed by atoms with Crippen molar-refractivity contribution in [2.45, 2.75) is 37.5 Å². The molecule has 0 bridgehead atoms. The number of nitrogens with zero attached hydrogens (tertiary/aromatic N) is 2. The van der Waals surface area contributed by atoms with Crippen LogP contribution in [0.1, 0.15) is 32.0 Å². The predicted octanol–water partition coefficient (Wildman–Crippen LogP) is 2.39. The quantitative estimate of drug-likeness (QED) is 0.696. The Labute approximate surface area is 97.5 Å². The van der Waals surface area contributed by atoms with Crippen molar-refractivity contribution in [2.24, 2.45) is 4.36 Å². The first-order valence-corrected chi connectivity index (χ1v) is 7.41. The lowest BCUT2D eigenvalue weighted by Crippen LogP contribution is -2.22. The molecule has 1 aliphatic heterocycles. The van der Waals surface area contributed by atoms with Crippen LogP contribution in [0.2, 0.25) is 0 Å². The van der Waals surface area contributed by atoms with Crippen molar-refractivity contribution in [2.75, 3.05) is 12.8 Å². The van der Waals surface area contributed by atoms with Crippen molar-refractivity contribution in [3.63, 3.8) is 0 Å². The van der Waals surface area contributed by atoms with Gasteiger partial charge in [-0.05, 0) is 18.1 Å². The van der Waals surface area contributed by atoms with Gasteiger partial charge in [-0.25, -0.2) is 8.57 Å². The van der Waals surface area contributed by atoms with Gasteiger partial charge in [0.1, 0.15) is 0 Å². The van der Waals surface area contributed by atoms with Crippen molar-refractivity contribution in [3.8, 4) is 0 Å². The van der Waals surface area contributed by atoms with E-state index in [1.54, 1.807) is 6.26 Å². The van der Waals surface area contributed by atoms with Gasteiger partial charge in [-0.15, -0.1) is 0 Å².